The molecule has 2 aromatic carbocycles. The molecule has 0 aromatic heterocycles. The highest BCUT2D eigenvalue weighted by molar-refractivity contribution is 6.31. The molecule has 3 N–H and O–H groups in total. The van der Waals surface area contributed by atoms with Gasteiger partial charge in [0.05, 0.1) is 48.7 Å². The van der Waals surface area contributed by atoms with Gasteiger partial charge in [-0.15, -0.1) is 0 Å². The number of aromatic hydroxyl groups is 2. The molecule has 0 spiro atoms. The zero-order valence-corrected chi connectivity index (χ0v) is 28.0. The second-order valence-corrected chi connectivity index (χ2v) is 13.5. The number of hydrogen-bond donors (Lipinski definition) is 3. The van der Waals surface area contributed by atoms with Gasteiger partial charge in [-0.2, -0.15) is 0 Å². The largest absolute Gasteiger partial charge is 0.507 e. The summed E-state index contributed by atoms with van der Waals surface area (Å²) in [6, 6.07) is 4.34. The van der Waals surface area contributed by atoms with Crippen molar-refractivity contribution in [2.75, 3.05) is 34.0 Å². The number of methoxy groups -OCH3 is 2. The summed E-state index contributed by atoms with van der Waals surface area (Å²) in [6.45, 7) is 5.95. The fourth-order valence-electron chi connectivity index (χ4n) is 7.92. The van der Waals surface area contributed by atoms with Crippen molar-refractivity contribution < 1.29 is 62.9 Å². The first kappa shape index (κ1) is 34.0. The van der Waals surface area contributed by atoms with Crippen LogP contribution < -0.4 is 4.74 Å². The molecule has 2 aromatic rings. The molecule has 2 aliphatic carbocycles. The van der Waals surface area contributed by atoms with Crippen molar-refractivity contribution in [3.8, 4) is 17.2 Å². The maximum atomic E-state index is 14.0. The van der Waals surface area contributed by atoms with Crippen LogP contribution in [0.2, 0.25) is 0 Å². The number of carbonyl (C=O) groups is 3. The Labute approximate surface area is 282 Å². The molecular formula is C35H41NO13. The molecule has 3 saturated heterocycles. The van der Waals surface area contributed by atoms with E-state index >= 15 is 0 Å². The van der Waals surface area contributed by atoms with E-state index in [2.05, 4.69) is 4.90 Å². The van der Waals surface area contributed by atoms with Crippen molar-refractivity contribution in [3.05, 3.63) is 51.6 Å². The molecule has 5 aliphatic rings. The van der Waals surface area contributed by atoms with Crippen LogP contribution >= 0.6 is 0 Å². The van der Waals surface area contributed by atoms with E-state index in [1.54, 1.807) is 27.0 Å². The summed E-state index contributed by atoms with van der Waals surface area (Å²) >= 11 is 0. The minimum Gasteiger partial charge on any atom is -0.507 e. The van der Waals surface area contributed by atoms with E-state index in [1.165, 1.54) is 19.2 Å². The Morgan fingerprint density at radius 1 is 1.08 bits per heavy atom. The van der Waals surface area contributed by atoms with Crippen LogP contribution in [0.15, 0.2) is 18.2 Å². The predicted molar refractivity (Wildman–Crippen MR) is 168 cm³/mol. The molecule has 0 amide bonds. The molecule has 0 saturated carbocycles. The molecule has 3 aliphatic heterocycles. The molecule has 14 heteroatoms. The summed E-state index contributed by atoms with van der Waals surface area (Å²) in [5.41, 5.74) is -3.10. The summed E-state index contributed by atoms with van der Waals surface area (Å²) in [5.74, 6) is -3.19. The molecule has 1 unspecified atom stereocenters. The summed E-state index contributed by atoms with van der Waals surface area (Å²) in [6.07, 6.45) is -4.78. The second kappa shape index (κ2) is 12.7. The normalized spacial score (nSPS) is 32.3. The number of ketones is 3. The number of carbonyl (C=O) groups excluding carboxylic acids is 3. The number of rotatable bonds is 8. The fraction of sp³-hybridized carbons (Fsp3) is 0.571. The molecular weight excluding hydrogens is 642 g/mol. The maximum absolute atomic E-state index is 14.0. The summed E-state index contributed by atoms with van der Waals surface area (Å²) in [4.78, 5) is 43.5. The average Bonchev–Trinajstić information content (AvgIpc) is 3.46. The van der Waals surface area contributed by atoms with Crippen LogP contribution in [0, 0.1) is 0 Å². The number of ether oxygens (including phenoxy) is 7. The van der Waals surface area contributed by atoms with Crippen LogP contribution in [0.5, 0.6) is 17.2 Å². The molecule has 14 nitrogen and oxygen atoms in total. The lowest BCUT2D eigenvalue weighted by Crippen LogP contribution is -2.55. The van der Waals surface area contributed by atoms with Crippen LogP contribution in [0.4, 0.5) is 0 Å². The van der Waals surface area contributed by atoms with Crippen LogP contribution in [-0.2, 0) is 39.6 Å². The van der Waals surface area contributed by atoms with Gasteiger partial charge in [-0.3, -0.25) is 19.3 Å². The lowest BCUT2D eigenvalue weighted by molar-refractivity contribution is -0.256. The van der Waals surface area contributed by atoms with Crippen molar-refractivity contribution in [3.63, 3.8) is 0 Å². The summed E-state index contributed by atoms with van der Waals surface area (Å²) in [7, 11) is 2.91. The van der Waals surface area contributed by atoms with Gasteiger partial charge < -0.3 is 48.5 Å². The van der Waals surface area contributed by atoms with E-state index in [0.717, 1.165) is 0 Å². The molecule has 3 heterocycles. The Hall–Kier alpha value is -3.47. The first-order chi connectivity index (χ1) is 23.4. The number of phenolic OH excluding ortho intramolecular Hbond substituents is 2. The second-order valence-electron chi connectivity index (χ2n) is 13.5. The van der Waals surface area contributed by atoms with Gasteiger partial charge in [-0.1, -0.05) is 12.1 Å². The number of nitrogens with zero attached hydrogens (tertiary/aromatic N) is 1. The van der Waals surface area contributed by atoms with Crippen molar-refractivity contribution >= 4 is 17.3 Å². The summed E-state index contributed by atoms with van der Waals surface area (Å²) in [5, 5.41) is 35.5. The highest BCUT2D eigenvalue weighted by Crippen LogP contribution is 2.53. The fourth-order valence-corrected chi connectivity index (χ4v) is 7.92. The van der Waals surface area contributed by atoms with E-state index in [9.17, 15) is 29.7 Å². The molecule has 3 fully saturated rings. The first-order valence-corrected chi connectivity index (χ1v) is 16.5. The number of Topliss-reactive ketones (excluding diaryl/α,β-unsaturated/α-hetero) is 1. The monoisotopic (exact) mass is 683 g/mol. The third-order valence-electron chi connectivity index (χ3n) is 10.2. The molecule has 0 radical (unpaired) electrons. The zero-order chi connectivity index (χ0) is 34.9. The minimum absolute atomic E-state index is 0.0113. The first-order valence-electron chi connectivity index (χ1n) is 16.5. The maximum Gasteiger partial charge on any atom is 0.202 e. The van der Waals surface area contributed by atoms with Crippen LogP contribution in [0.3, 0.4) is 0 Å². The molecule has 8 atom stereocenters. The van der Waals surface area contributed by atoms with Crippen molar-refractivity contribution in [1.29, 1.82) is 0 Å². The van der Waals surface area contributed by atoms with Gasteiger partial charge in [0.15, 0.2) is 30.4 Å². The van der Waals surface area contributed by atoms with Crippen LogP contribution in [0.25, 0.3) is 0 Å². The third-order valence-corrected chi connectivity index (χ3v) is 10.2. The molecule has 7 rings (SSSR count). The van der Waals surface area contributed by atoms with E-state index in [4.69, 9.17) is 33.2 Å². The van der Waals surface area contributed by atoms with Crippen molar-refractivity contribution in [2.45, 2.75) is 94.9 Å². The Balaban J connectivity index is 1.29. The topological polar surface area (TPSA) is 180 Å². The number of phenols is 2. The standard InChI is InChI=1S/C35H41NO13/c1-15(2)46-14-22(37)35(42)12-18-25(31(41)27-26(29(18)39)28(38)17-7-6-8-20(43-4)24(17)30(27)40)21(13-35)48-23-11-19-32(16(3)47-23)49-33-34(44-5)45-10-9-36(19)33/h6-8,15-16,19,21,23,32-34,39,41-42H,9-14H2,1-5H3/t16-,19?,21-,23-,32+,33+,34-,35-/m0/s1. The van der Waals surface area contributed by atoms with Gasteiger partial charge in [0, 0.05) is 55.6 Å². The van der Waals surface area contributed by atoms with E-state index in [1.807, 2.05) is 6.92 Å². The third kappa shape index (κ3) is 5.45. The summed E-state index contributed by atoms with van der Waals surface area (Å²) < 4.78 is 41.2. The number of fused-ring (bicyclic) bond motifs is 6. The minimum atomic E-state index is -2.12. The van der Waals surface area contributed by atoms with E-state index < -0.39 is 89.6 Å². The smallest absolute Gasteiger partial charge is 0.202 e. The number of aliphatic hydroxyl groups is 1. The Kier molecular flexibility index (Phi) is 8.81. The highest BCUT2D eigenvalue weighted by Gasteiger charge is 2.55. The molecule has 264 valence electrons. The quantitative estimate of drug-likeness (QED) is 0.294. The number of morpholine rings is 1. The van der Waals surface area contributed by atoms with Gasteiger partial charge in [-0.05, 0) is 26.8 Å². The highest BCUT2D eigenvalue weighted by atomic mass is 16.7. The van der Waals surface area contributed by atoms with Gasteiger partial charge >= 0.3 is 0 Å². The average molecular weight is 684 g/mol. The van der Waals surface area contributed by atoms with Crippen molar-refractivity contribution in [1.82, 2.24) is 4.90 Å². The van der Waals surface area contributed by atoms with Crippen molar-refractivity contribution in [2.24, 2.45) is 0 Å². The lowest BCUT2D eigenvalue weighted by Gasteiger charge is -2.43. The van der Waals surface area contributed by atoms with Gasteiger partial charge in [0.2, 0.25) is 5.78 Å². The Morgan fingerprint density at radius 3 is 2.55 bits per heavy atom. The van der Waals surface area contributed by atoms with Crippen LogP contribution in [-0.4, -0.2) is 120 Å². The van der Waals surface area contributed by atoms with Gasteiger partial charge in [-0.25, -0.2) is 0 Å². The van der Waals surface area contributed by atoms with Gasteiger partial charge in [0.25, 0.3) is 0 Å². The SMILES string of the molecule is COc1cccc2c1C(=O)c1c(O)c3c(c(O)c1C2=O)C[C@@](O)(C(=O)COC(C)C)C[C@@H]3O[C@H]1CC2[C@H](O[C@@H]3[C@@H](OC)OCCN23)[C@H](C)O1. The predicted octanol–water partition coefficient (Wildman–Crippen LogP) is 2.14. The Morgan fingerprint density at radius 2 is 1.84 bits per heavy atom. The number of benzene rings is 2. The molecule has 49 heavy (non-hydrogen) atoms. The van der Waals surface area contributed by atoms with E-state index in [0.29, 0.717) is 19.6 Å². The zero-order valence-electron chi connectivity index (χ0n) is 28.0. The van der Waals surface area contributed by atoms with E-state index in [-0.39, 0.29) is 52.7 Å². The van der Waals surface area contributed by atoms with Crippen LogP contribution in [0.1, 0.15) is 82.7 Å². The van der Waals surface area contributed by atoms with Gasteiger partial charge in [0.1, 0.15) is 35.6 Å². The lowest BCUT2D eigenvalue weighted by atomic mass is 9.72. The number of hydrogen-bond acceptors (Lipinski definition) is 14. The Bertz CT molecular complexity index is 1690. The molecule has 0 bridgehead atoms.